The van der Waals surface area contributed by atoms with Crippen LogP contribution in [0, 0.1) is 5.41 Å². The van der Waals surface area contributed by atoms with Gasteiger partial charge < -0.3 is 11.1 Å². The Hall–Kier alpha value is -0.660. The van der Waals surface area contributed by atoms with E-state index in [9.17, 15) is 13.2 Å². The van der Waals surface area contributed by atoms with Crippen molar-refractivity contribution in [3.05, 3.63) is 0 Å². The van der Waals surface area contributed by atoms with Crippen LogP contribution in [0.15, 0.2) is 0 Å². The number of carbonyl (C=O) groups excluding carboxylic acids is 1. The predicted molar refractivity (Wildman–Crippen MR) is 65.8 cm³/mol. The number of carbonyl (C=O) groups is 1. The molecule has 0 radical (unpaired) electrons. The molecule has 0 saturated heterocycles. The number of nitrogens with one attached hydrogen (secondary N) is 2. The van der Waals surface area contributed by atoms with Crippen molar-refractivity contribution in [2.45, 2.75) is 32.2 Å². The SMILES string of the molecule is CC1(C(=O)NCCNS(C)(=O)=O)CCCC1N. The summed E-state index contributed by atoms with van der Waals surface area (Å²) in [4.78, 5) is 11.9. The van der Waals surface area contributed by atoms with Crippen LogP contribution in [0.2, 0.25) is 0 Å². The fourth-order valence-corrected chi connectivity index (χ4v) is 2.56. The molecule has 1 saturated carbocycles. The topological polar surface area (TPSA) is 101 Å². The number of rotatable bonds is 5. The van der Waals surface area contributed by atoms with Gasteiger partial charge in [0.15, 0.2) is 0 Å². The Morgan fingerprint density at radius 2 is 2.12 bits per heavy atom. The Labute approximate surface area is 102 Å². The molecule has 0 aromatic heterocycles. The fourth-order valence-electron chi connectivity index (χ4n) is 2.09. The Morgan fingerprint density at radius 3 is 2.59 bits per heavy atom. The van der Waals surface area contributed by atoms with Crippen LogP contribution in [-0.2, 0) is 14.8 Å². The van der Waals surface area contributed by atoms with Crippen molar-refractivity contribution in [2.75, 3.05) is 19.3 Å². The molecule has 2 unspecified atom stereocenters. The summed E-state index contributed by atoms with van der Waals surface area (Å²) >= 11 is 0. The van der Waals surface area contributed by atoms with Crippen LogP contribution in [0.25, 0.3) is 0 Å². The van der Waals surface area contributed by atoms with E-state index in [0.29, 0.717) is 0 Å². The molecule has 7 heteroatoms. The van der Waals surface area contributed by atoms with Gasteiger partial charge in [0.1, 0.15) is 0 Å². The fraction of sp³-hybridized carbons (Fsp3) is 0.900. The smallest absolute Gasteiger partial charge is 0.227 e. The minimum Gasteiger partial charge on any atom is -0.354 e. The second kappa shape index (κ2) is 5.32. The van der Waals surface area contributed by atoms with Crippen molar-refractivity contribution in [1.82, 2.24) is 10.0 Å². The summed E-state index contributed by atoms with van der Waals surface area (Å²) in [6, 6.07) is -0.106. The molecule has 4 N–H and O–H groups in total. The van der Waals surface area contributed by atoms with E-state index in [1.807, 2.05) is 6.92 Å². The third-order valence-electron chi connectivity index (χ3n) is 3.32. The molecule has 17 heavy (non-hydrogen) atoms. The van der Waals surface area contributed by atoms with Crippen molar-refractivity contribution >= 4 is 15.9 Å². The van der Waals surface area contributed by atoms with E-state index in [-0.39, 0.29) is 25.0 Å². The van der Waals surface area contributed by atoms with E-state index < -0.39 is 15.4 Å². The summed E-state index contributed by atoms with van der Waals surface area (Å²) in [5.41, 5.74) is 5.41. The third-order valence-corrected chi connectivity index (χ3v) is 4.05. The molecule has 0 spiro atoms. The Kier molecular flexibility index (Phi) is 4.51. The van der Waals surface area contributed by atoms with E-state index >= 15 is 0 Å². The lowest BCUT2D eigenvalue weighted by Gasteiger charge is -2.27. The maximum Gasteiger partial charge on any atom is 0.227 e. The Bertz CT molecular complexity index is 382. The number of hydrogen-bond donors (Lipinski definition) is 3. The van der Waals surface area contributed by atoms with E-state index in [0.717, 1.165) is 25.5 Å². The molecule has 0 heterocycles. The molecule has 100 valence electrons. The molecule has 0 aliphatic heterocycles. The lowest BCUT2D eigenvalue weighted by atomic mass is 9.84. The summed E-state index contributed by atoms with van der Waals surface area (Å²) in [7, 11) is -3.19. The first-order chi connectivity index (χ1) is 7.76. The zero-order valence-electron chi connectivity index (χ0n) is 10.3. The first kappa shape index (κ1) is 14.4. The maximum absolute atomic E-state index is 11.9. The quantitative estimate of drug-likeness (QED) is 0.563. The van der Waals surface area contributed by atoms with Crippen LogP contribution in [0.3, 0.4) is 0 Å². The van der Waals surface area contributed by atoms with Crippen LogP contribution < -0.4 is 15.8 Å². The zero-order chi connectivity index (χ0) is 13.1. The van der Waals surface area contributed by atoms with Gasteiger partial charge in [-0.1, -0.05) is 6.42 Å². The normalized spacial score (nSPS) is 29.2. The average Bonchev–Trinajstić information content (AvgIpc) is 2.54. The van der Waals surface area contributed by atoms with Crippen LogP contribution in [0.1, 0.15) is 26.2 Å². The second-order valence-corrected chi connectivity index (χ2v) is 6.67. The number of nitrogens with two attached hydrogens (primary N) is 1. The third kappa shape index (κ3) is 3.93. The molecule has 0 aromatic carbocycles. The lowest BCUT2D eigenvalue weighted by Crippen LogP contribution is -2.48. The summed E-state index contributed by atoms with van der Waals surface area (Å²) in [5.74, 6) is -0.0854. The summed E-state index contributed by atoms with van der Waals surface area (Å²) in [6.07, 6.45) is 3.71. The van der Waals surface area contributed by atoms with Crippen molar-refractivity contribution < 1.29 is 13.2 Å². The van der Waals surface area contributed by atoms with Gasteiger partial charge in [-0.25, -0.2) is 13.1 Å². The first-order valence-corrected chi connectivity index (χ1v) is 7.63. The van der Waals surface area contributed by atoms with Gasteiger partial charge in [0.25, 0.3) is 0 Å². The Morgan fingerprint density at radius 1 is 1.47 bits per heavy atom. The van der Waals surface area contributed by atoms with Crippen molar-refractivity contribution in [2.24, 2.45) is 11.1 Å². The highest BCUT2D eigenvalue weighted by Crippen LogP contribution is 2.36. The lowest BCUT2D eigenvalue weighted by molar-refractivity contribution is -0.130. The predicted octanol–water partition coefficient (Wildman–Crippen LogP) is -0.831. The van der Waals surface area contributed by atoms with Crippen LogP contribution in [0.4, 0.5) is 0 Å². The molecule has 1 aliphatic rings. The molecule has 0 bridgehead atoms. The van der Waals surface area contributed by atoms with Gasteiger partial charge >= 0.3 is 0 Å². The van der Waals surface area contributed by atoms with Crippen LogP contribution in [0.5, 0.6) is 0 Å². The highest BCUT2D eigenvalue weighted by atomic mass is 32.2. The molecular formula is C10H21N3O3S. The van der Waals surface area contributed by atoms with Gasteiger partial charge in [-0.3, -0.25) is 4.79 Å². The van der Waals surface area contributed by atoms with Gasteiger partial charge in [0.05, 0.1) is 11.7 Å². The second-order valence-electron chi connectivity index (χ2n) is 4.84. The summed E-state index contributed by atoms with van der Waals surface area (Å²) in [5, 5.41) is 2.72. The van der Waals surface area contributed by atoms with Gasteiger partial charge in [0, 0.05) is 19.1 Å². The molecule has 0 aromatic rings. The molecule has 1 amide bonds. The van der Waals surface area contributed by atoms with E-state index in [1.165, 1.54) is 0 Å². The average molecular weight is 263 g/mol. The van der Waals surface area contributed by atoms with E-state index in [2.05, 4.69) is 10.0 Å². The van der Waals surface area contributed by atoms with Gasteiger partial charge in [-0.05, 0) is 19.8 Å². The monoisotopic (exact) mass is 263 g/mol. The Balaban J connectivity index is 2.35. The molecule has 6 nitrogen and oxygen atoms in total. The molecular weight excluding hydrogens is 242 g/mol. The standard InChI is InChI=1S/C10H21N3O3S/c1-10(5-3-4-8(10)11)9(14)12-6-7-13-17(2,15)16/h8,13H,3-7,11H2,1-2H3,(H,12,14). The number of amides is 1. The summed E-state index contributed by atoms with van der Waals surface area (Å²) in [6.45, 7) is 2.36. The summed E-state index contributed by atoms with van der Waals surface area (Å²) < 4.78 is 23.9. The largest absolute Gasteiger partial charge is 0.354 e. The first-order valence-electron chi connectivity index (χ1n) is 5.74. The molecule has 1 fully saturated rings. The molecule has 1 aliphatic carbocycles. The van der Waals surface area contributed by atoms with Crippen molar-refractivity contribution in [3.8, 4) is 0 Å². The zero-order valence-corrected chi connectivity index (χ0v) is 11.1. The van der Waals surface area contributed by atoms with Crippen LogP contribution >= 0.6 is 0 Å². The van der Waals surface area contributed by atoms with Gasteiger partial charge in [-0.2, -0.15) is 0 Å². The molecule has 1 rings (SSSR count). The van der Waals surface area contributed by atoms with E-state index in [1.54, 1.807) is 0 Å². The van der Waals surface area contributed by atoms with Crippen molar-refractivity contribution in [3.63, 3.8) is 0 Å². The van der Waals surface area contributed by atoms with Gasteiger partial charge in [-0.15, -0.1) is 0 Å². The van der Waals surface area contributed by atoms with E-state index in [4.69, 9.17) is 5.73 Å². The number of hydrogen-bond acceptors (Lipinski definition) is 4. The van der Waals surface area contributed by atoms with Crippen molar-refractivity contribution in [1.29, 1.82) is 0 Å². The highest BCUT2D eigenvalue weighted by Gasteiger charge is 2.42. The van der Waals surface area contributed by atoms with Gasteiger partial charge in [0.2, 0.25) is 15.9 Å². The minimum atomic E-state index is -3.19. The molecule has 2 atom stereocenters. The highest BCUT2D eigenvalue weighted by molar-refractivity contribution is 7.88. The van der Waals surface area contributed by atoms with Crippen LogP contribution in [-0.4, -0.2) is 39.7 Å². The number of sulfonamides is 1. The maximum atomic E-state index is 11.9. The minimum absolute atomic E-state index is 0.0854.